The highest BCUT2D eigenvalue weighted by Crippen LogP contribution is 2.57. The molecule has 0 bridgehead atoms. The molecule has 0 nitrogen and oxygen atoms in total. The maximum atomic E-state index is 2.83. The van der Waals surface area contributed by atoms with E-state index in [2.05, 4.69) is 34.6 Å². The molecule has 0 spiro atoms. The number of hydrogen-bond acceptors (Lipinski definition) is 0. The van der Waals surface area contributed by atoms with Crippen LogP contribution in [0.2, 0.25) is 0 Å². The van der Waals surface area contributed by atoms with E-state index in [1.54, 1.807) is 96.3 Å². The van der Waals surface area contributed by atoms with E-state index in [9.17, 15) is 0 Å². The minimum Gasteiger partial charge on any atom is -0.0651 e. The Bertz CT molecular complexity index is 846. The standard InChI is InChI=1S/C45H80/c1-6-31(2)28-44(39-22-13-10-16-32(39)3)41-24-14-17-33(4)45(34(5)29-43(41)36-20-11-12-21-36)42-25-15-23-40(42)38-27-26-37(30-38)35-18-8-7-9-19-35/h31-45H,6-30H2,1-5H3. The molecule has 13 atom stereocenters. The van der Waals surface area contributed by atoms with Crippen molar-refractivity contribution < 1.29 is 0 Å². The summed E-state index contributed by atoms with van der Waals surface area (Å²) in [7, 11) is 0. The molecule has 0 amide bonds. The van der Waals surface area contributed by atoms with E-state index in [0.29, 0.717) is 0 Å². The number of rotatable bonds is 9. The van der Waals surface area contributed by atoms with Crippen LogP contribution in [0.1, 0.15) is 195 Å². The van der Waals surface area contributed by atoms with Crippen LogP contribution in [0.5, 0.6) is 0 Å². The van der Waals surface area contributed by atoms with Gasteiger partial charge in [0, 0.05) is 0 Å². The van der Waals surface area contributed by atoms with Crippen molar-refractivity contribution in [3.8, 4) is 0 Å². The van der Waals surface area contributed by atoms with Crippen LogP contribution in [-0.4, -0.2) is 0 Å². The zero-order valence-electron chi connectivity index (χ0n) is 31.3. The van der Waals surface area contributed by atoms with Crippen LogP contribution in [0, 0.1) is 88.8 Å². The van der Waals surface area contributed by atoms with Gasteiger partial charge in [-0.05, 0) is 147 Å². The van der Waals surface area contributed by atoms with Crippen LogP contribution in [0.3, 0.4) is 0 Å². The van der Waals surface area contributed by atoms with Crippen LogP contribution >= 0.6 is 0 Å². The van der Waals surface area contributed by atoms with Gasteiger partial charge < -0.3 is 0 Å². The predicted octanol–water partition coefficient (Wildman–Crippen LogP) is 14.2. The molecule has 0 radical (unpaired) electrons. The smallest absolute Gasteiger partial charge is 0.0331 e. The molecule has 0 aliphatic heterocycles. The molecule has 6 rings (SSSR count). The fourth-order valence-electron chi connectivity index (χ4n) is 14.5. The van der Waals surface area contributed by atoms with Gasteiger partial charge >= 0.3 is 0 Å². The third-order valence-corrected chi connectivity index (χ3v) is 16.9. The molecule has 0 aromatic heterocycles. The quantitative estimate of drug-likeness (QED) is 0.240. The van der Waals surface area contributed by atoms with Crippen molar-refractivity contribution in [2.75, 3.05) is 0 Å². The Labute approximate surface area is 283 Å². The molecule has 0 aromatic carbocycles. The first kappa shape index (κ1) is 34.8. The summed E-state index contributed by atoms with van der Waals surface area (Å²) >= 11 is 0. The van der Waals surface area contributed by atoms with Gasteiger partial charge in [0.1, 0.15) is 0 Å². The monoisotopic (exact) mass is 621 g/mol. The average molecular weight is 621 g/mol. The Morgan fingerprint density at radius 3 is 1.80 bits per heavy atom. The third kappa shape index (κ3) is 8.25. The molecule has 0 heterocycles. The summed E-state index contributed by atoms with van der Waals surface area (Å²) in [5.41, 5.74) is 0. The lowest BCUT2D eigenvalue weighted by Crippen LogP contribution is -2.39. The minimum atomic E-state index is 0.910. The van der Waals surface area contributed by atoms with Crippen molar-refractivity contribution in [1.29, 1.82) is 0 Å². The lowest BCUT2D eigenvalue weighted by Gasteiger charge is -2.46. The molecule has 0 N–H and O–H groups in total. The molecule has 45 heavy (non-hydrogen) atoms. The molecule has 13 unspecified atom stereocenters. The van der Waals surface area contributed by atoms with Gasteiger partial charge in [-0.15, -0.1) is 0 Å². The van der Waals surface area contributed by atoms with E-state index in [0.717, 1.165) is 88.8 Å². The van der Waals surface area contributed by atoms with E-state index in [4.69, 9.17) is 0 Å². The molecule has 0 heteroatoms. The van der Waals surface area contributed by atoms with Crippen molar-refractivity contribution in [2.45, 2.75) is 195 Å². The fourth-order valence-corrected chi connectivity index (χ4v) is 14.5. The van der Waals surface area contributed by atoms with Gasteiger partial charge in [-0.3, -0.25) is 0 Å². The second-order valence-electron chi connectivity index (χ2n) is 19.4. The predicted molar refractivity (Wildman–Crippen MR) is 196 cm³/mol. The zero-order chi connectivity index (χ0) is 31.3. The Kier molecular flexibility index (Phi) is 12.9. The topological polar surface area (TPSA) is 0 Å². The summed E-state index contributed by atoms with van der Waals surface area (Å²) in [6.45, 7) is 13.4. The third-order valence-electron chi connectivity index (χ3n) is 16.9. The Balaban J connectivity index is 1.22. The van der Waals surface area contributed by atoms with E-state index in [-0.39, 0.29) is 0 Å². The van der Waals surface area contributed by atoms with Gasteiger partial charge in [0.25, 0.3) is 0 Å². The minimum absolute atomic E-state index is 0.910. The molecule has 6 aliphatic rings. The summed E-state index contributed by atoms with van der Waals surface area (Å²) in [6, 6.07) is 0. The highest BCUT2D eigenvalue weighted by molar-refractivity contribution is 4.97. The fraction of sp³-hybridized carbons (Fsp3) is 1.00. The lowest BCUT2D eigenvalue weighted by molar-refractivity contribution is 0.0289. The maximum Gasteiger partial charge on any atom is -0.0331 e. The van der Waals surface area contributed by atoms with Crippen molar-refractivity contribution in [3.05, 3.63) is 0 Å². The van der Waals surface area contributed by atoms with Crippen LogP contribution in [0.15, 0.2) is 0 Å². The molecule has 6 aliphatic carbocycles. The first-order valence-corrected chi connectivity index (χ1v) is 21.9. The van der Waals surface area contributed by atoms with E-state index < -0.39 is 0 Å². The Morgan fingerprint density at radius 2 is 1.04 bits per heavy atom. The van der Waals surface area contributed by atoms with Gasteiger partial charge in [-0.2, -0.15) is 0 Å². The van der Waals surface area contributed by atoms with Gasteiger partial charge in [0.2, 0.25) is 0 Å². The molecular formula is C45H80. The maximum absolute atomic E-state index is 2.83. The average Bonchev–Trinajstić information content (AvgIpc) is 3.85. The normalized spacial score (nSPS) is 44.3. The Morgan fingerprint density at radius 1 is 0.444 bits per heavy atom. The van der Waals surface area contributed by atoms with Gasteiger partial charge in [0.15, 0.2) is 0 Å². The van der Waals surface area contributed by atoms with Crippen LogP contribution < -0.4 is 0 Å². The van der Waals surface area contributed by atoms with Crippen molar-refractivity contribution >= 4 is 0 Å². The second-order valence-corrected chi connectivity index (χ2v) is 19.4. The van der Waals surface area contributed by atoms with Crippen molar-refractivity contribution in [3.63, 3.8) is 0 Å². The molecular weight excluding hydrogens is 540 g/mol. The largest absolute Gasteiger partial charge is 0.0651 e. The van der Waals surface area contributed by atoms with Crippen LogP contribution in [-0.2, 0) is 0 Å². The second kappa shape index (κ2) is 16.6. The van der Waals surface area contributed by atoms with Crippen LogP contribution in [0.4, 0.5) is 0 Å². The molecule has 0 aromatic rings. The van der Waals surface area contributed by atoms with Gasteiger partial charge in [-0.1, -0.05) is 137 Å². The van der Waals surface area contributed by atoms with Crippen molar-refractivity contribution in [1.82, 2.24) is 0 Å². The molecule has 260 valence electrons. The lowest BCUT2D eigenvalue weighted by atomic mass is 9.59. The highest BCUT2D eigenvalue weighted by atomic mass is 14.5. The number of hydrogen-bond donors (Lipinski definition) is 0. The summed E-state index contributed by atoms with van der Waals surface area (Å²) < 4.78 is 0. The summed E-state index contributed by atoms with van der Waals surface area (Å²) in [6.07, 6.45) is 38.8. The van der Waals surface area contributed by atoms with Gasteiger partial charge in [-0.25, -0.2) is 0 Å². The first-order chi connectivity index (χ1) is 21.9. The Hall–Kier alpha value is 0. The summed E-state index contributed by atoms with van der Waals surface area (Å²) in [4.78, 5) is 0. The summed E-state index contributed by atoms with van der Waals surface area (Å²) in [5, 5.41) is 0. The molecule has 6 saturated carbocycles. The summed E-state index contributed by atoms with van der Waals surface area (Å²) in [5.74, 6) is 15.3. The van der Waals surface area contributed by atoms with E-state index in [1.165, 1.54) is 64.2 Å². The van der Waals surface area contributed by atoms with Crippen LogP contribution in [0.25, 0.3) is 0 Å². The molecule has 0 saturated heterocycles. The highest BCUT2D eigenvalue weighted by Gasteiger charge is 2.48. The van der Waals surface area contributed by atoms with E-state index in [1.807, 2.05) is 0 Å². The van der Waals surface area contributed by atoms with Gasteiger partial charge in [0.05, 0.1) is 0 Å². The zero-order valence-corrected chi connectivity index (χ0v) is 31.3. The SMILES string of the molecule is CCC(C)CC(C1CCCCC1C)C1CCCC(C)C(C2CCCC2C2CCC(C3CCCCC3)C2)C(C)CC1C1CCCC1. The molecule has 6 fully saturated rings. The first-order valence-electron chi connectivity index (χ1n) is 21.9. The van der Waals surface area contributed by atoms with E-state index >= 15 is 0 Å². The van der Waals surface area contributed by atoms with Crippen molar-refractivity contribution in [2.24, 2.45) is 88.8 Å².